The zero-order chi connectivity index (χ0) is 16.9. The first kappa shape index (κ1) is 15.4. The maximum atomic E-state index is 12.5. The van der Waals surface area contributed by atoms with Crippen LogP contribution in [0, 0.1) is 0 Å². The Morgan fingerprint density at radius 1 is 1.08 bits per heavy atom. The van der Waals surface area contributed by atoms with Gasteiger partial charge in [-0.2, -0.15) is 0 Å². The number of carbonyl (C=O) groups is 2. The Balaban J connectivity index is 1.80. The fourth-order valence-corrected chi connectivity index (χ4v) is 2.31. The molecule has 3 aromatic rings. The number of amides is 2. The highest BCUT2D eigenvalue weighted by molar-refractivity contribution is 6.06. The molecule has 0 saturated heterocycles. The summed E-state index contributed by atoms with van der Waals surface area (Å²) >= 11 is 0. The lowest BCUT2D eigenvalue weighted by atomic mass is 10.1. The fourth-order valence-electron chi connectivity index (χ4n) is 2.31. The van der Waals surface area contributed by atoms with Gasteiger partial charge < -0.3 is 11.1 Å². The molecule has 0 atom stereocenters. The number of primary amides is 1. The Labute approximate surface area is 138 Å². The SMILES string of the molecule is NC(=O)Cc1ccc(NC(=O)c2ccccc2-n2ccnn2)cc1. The zero-order valence-electron chi connectivity index (χ0n) is 12.7. The third-order valence-electron chi connectivity index (χ3n) is 3.41. The van der Waals surface area contributed by atoms with Gasteiger partial charge in [-0.05, 0) is 29.8 Å². The summed E-state index contributed by atoms with van der Waals surface area (Å²) < 4.78 is 1.53. The third kappa shape index (κ3) is 3.46. The first-order chi connectivity index (χ1) is 11.6. The van der Waals surface area contributed by atoms with E-state index < -0.39 is 5.91 Å². The maximum absolute atomic E-state index is 12.5. The van der Waals surface area contributed by atoms with Crippen molar-refractivity contribution in [1.82, 2.24) is 15.0 Å². The largest absolute Gasteiger partial charge is 0.369 e. The molecule has 1 aromatic heterocycles. The summed E-state index contributed by atoms with van der Waals surface area (Å²) in [4.78, 5) is 23.5. The molecule has 0 spiro atoms. The Bertz CT molecular complexity index is 857. The van der Waals surface area contributed by atoms with Gasteiger partial charge in [-0.1, -0.05) is 29.5 Å². The van der Waals surface area contributed by atoms with Crippen molar-refractivity contribution in [2.75, 3.05) is 5.32 Å². The smallest absolute Gasteiger partial charge is 0.257 e. The molecule has 0 unspecified atom stereocenters. The van der Waals surface area contributed by atoms with E-state index in [1.165, 1.54) is 4.68 Å². The number of para-hydroxylation sites is 1. The van der Waals surface area contributed by atoms with Crippen molar-refractivity contribution in [3.63, 3.8) is 0 Å². The molecule has 1 heterocycles. The lowest BCUT2D eigenvalue weighted by molar-refractivity contribution is -0.117. The van der Waals surface area contributed by atoms with Crippen LogP contribution in [-0.2, 0) is 11.2 Å². The van der Waals surface area contributed by atoms with E-state index in [1.54, 1.807) is 54.9 Å². The van der Waals surface area contributed by atoms with Crippen molar-refractivity contribution < 1.29 is 9.59 Å². The molecule has 3 rings (SSSR count). The molecule has 7 heteroatoms. The summed E-state index contributed by atoms with van der Waals surface area (Å²) in [5.74, 6) is -0.655. The van der Waals surface area contributed by atoms with Crippen LogP contribution in [0.4, 0.5) is 5.69 Å². The second kappa shape index (κ2) is 6.74. The van der Waals surface area contributed by atoms with Crippen LogP contribution in [-0.4, -0.2) is 26.8 Å². The average molecular weight is 321 g/mol. The molecule has 120 valence electrons. The molecule has 0 bridgehead atoms. The number of carbonyl (C=O) groups excluding carboxylic acids is 2. The minimum Gasteiger partial charge on any atom is -0.369 e. The molecule has 0 radical (unpaired) electrons. The zero-order valence-corrected chi connectivity index (χ0v) is 12.7. The molecule has 0 aliphatic carbocycles. The fraction of sp³-hybridized carbons (Fsp3) is 0.0588. The van der Waals surface area contributed by atoms with Crippen LogP contribution >= 0.6 is 0 Å². The summed E-state index contributed by atoms with van der Waals surface area (Å²) in [5, 5.41) is 10.5. The third-order valence-corrected chi connectivity index (χ3v) is 3.41. The Morgan fingerprint density at radius 3 is 2.50 bits per heavy atom. The summed E-state index contributed by atoms with van der Waals surface area (Å²) in [6, 6.07) is 14.1. The highest BCUT2D eigenvalue weighted by atomic mass is 16.2. The topological polar surface area (TPSA) is 103 Å². The molecular weight excluding hydrogens is 306 g/mol. The van der Waals surface area contributed by atoms with Crippen molar-refractivity contribution in [3.05, 3.63) is 72.1 Å². The number of aromatic nitrogens is 3. The summed E-state index contributed by atoms with van der Waals surface area (Å²) in [6.45, 7) is 0. The van der Waals surface area contributed by atoms with Crippen molar-refractivity contribution in [2.45, 2.75) is 6.42 Å². The normalized spacial score (nSPS) is 10.3. The van der Waals surface area contributed by atoms with E-state index in [1.807, 2.05) is 6.07 Å². The van der Waals surface area contributed by atoms with Crippen molar-refractivity contribution in [3.8, 4) is 5.69 Å². The predicted octanol–water partition coefficient (Wildman–Crippen LogP) is 1.55. The molecule has 24 heavy (non-hydrogen) atoms. The number of nitrogens with zero attached hydrogens (tertiary/aromatic N) is 3. The number of hydrogen-bond donors (Lipinski definition) is 2. The van der Waals surface area contributed by atoms with Gasteiger partial charge in [0.25, 0.3) is 5.91 Å². The van der Waals surface area contributed by atoms with Gasteiger partial charge in [0.15, 0.2) is 0 Å². The number of anilines is 1. The minimum atomic E-state index is -0.395. The van der Waals surface area contributed by atoms with Gasteiger partial charge in [0.05, 0.1) is 30.1 Å². The number of benzene rings is 2. The summed E-state index contributed by atoms with van der Waals surface area (Å²) in [7, 11) is 0. The number of nitrogens with one attached hydrogen (secondary N) is 1. The highest BCUT2D eigenvalue weighted by Gasteiger charge is 2.13. The maximum Gasteiger partial charge on any atom is 0.257 e. The van der Waals surface area contributed by atoms with E-state index in [4.69, 9.17) is 5.73 Å². The van der Waals surface area contributed by atoms with Crippen LogP contribution in [0.5, 0.6) is 0 Å². The van der Waals surface area contributed by atoms with Gasteiger partial charge in [-0.15, -0.1) is 5.10 Å². The van der Waals surface area contributed by atoms with Crippen molar-refractivity contribution in [2.24, 2.45) is 5.73 Å². The van der Waals surface area contributed by atoms with Crippen LogP contribution in [0.2, 0.25) is 0 Å². The van der Waals surface area contributed by atoms with Gasteiger partial charge in [-0.3, -0.25) is 9.59 Å². The Kier molecular flexibility index (Phi) is 4.33. The molecule has 7 nitrogen and oxygen atoms in total. The van der Waals surface area contributed by atoms with E-state index in [0.717, 1.165) is 5.56 Å². The second-order valence-corrected chi connectivity index (χ2v) is 5.16. The standard InChI is InChI=1S/C17H15N5O2/c18-16(23)11-12-5-7-13(8-6-12)20-17(24)14-3-1-2-4-15(14)22-10-9-19-21-22/h1-10H,11H2,(H2,18,23)(H,20,24). The van der Waals surface area contributed by atoms with Crippen LogP contribution in [0.1, 0.15) is 15.9 Å². The molecular formula is C17H15N5O2. The van der Waals surface area contributed by atoms with Gasteiger partial charge in [0.2, 0.25) is 5.91 Å². The van der Waals surface area contributed by atoms with Gasteiger partial charge >= 0.3 is 0 Å². The number of nitrogens with two attached hydrogens (primary N) is 1. The van der Waals surface area contributed by atoms with E-state index in [9.17, 15) is 9.59 Å². The number of hydrogen-bond acceptors (Lipinski definition) is 4. The van der Waals surface area contributed by atoms with Gasteiger partial charge in [0, 0.05) is 5.69 Å². The van der Waals surface area contributed by atoms with E-state index in [-0.39, 0.29) is 12.3 Å². The summed E-state index contributed by atoms with van der Waals surface area (Å²) in [5.41, 5.74) is 7.69. The van der Waals surface area contributed by atoms with E-state index in [2.05, 4.69) is 15.6 Å². The Hall–Kier alpha value is -3.48. The van der Waals surface area contributed by atoms with Crippen LogP contribution < -0.4 is 11.1 Å². The van der Waals surface area contributed by atoms with Crippen LogP contribution in [0.15, 0.2) is 60.9 Å². The molecule has 3 N–H and O–H groups in total. The van der Waals surface area contributed by atoms with Crippen molar-refractivity contribution >= 4 is 17.5 Å². The molecule has 0 aliphatic heterocycles. The van der Waals surface area contributed by atoms with E-state index >= 15 is 0 Å². The number of rotatable bonds is 5. The molecule has 2 amide bonds. The minimum absolute atomic E-state index is 0.170. The first-order valence-corrected chi connectivity index (χ1v) is 7.28. The van der Waals surface area contributed by atoms with Crippen molar-refractivity contribution in [1.29, 1.82) is 0 Å². The highest BCUT2D eigenvalue weighted by Crippen LogP contribution is 2.16. The van der Waals surface area contributed by atoms with Gasteiger partial charge in [-0.25, -0.2) is 4.68 Å². The molecule has 0 saturated carbocycles. The summed E-state index contributed by atoms with van der Waals surface area (Å²) in [6.07, 6.45) is 3.39. The first-order valence-electron chi connectivity index (χ1n) is 7.28. The second-order valence-electron chi connectivity index (χ2n) is 5.16. The lowest BCUT2D eigenvalue weighted by Gasteiger charge is -2.10. The van der Waals surface area contributed by atoms with Crippen LogP contribution in [0.3, 0.4) is 0 Å². The van der Waals surface area contributed by atoms with Gasteiger partial charge in [0.1, 0.15) is 0 Å². The molecule has 0 fully saturated rings. The predicted molar refractivity (Wildman–Crippen MR) is 88.7 cm³/mol. The molecule has 0 aliphatic rings. The average Bonchev–Trinajstić information content (AvgIpc) is 3.10. The molecule has 2 aromatic carbocycles. The monoisotopic (exact) mass is 321 g/mol. The lowest BCUT2D eigenvalue weighted by Crippen LogP contribution is -2.16. The Morgan fingerprint density at radius 2 is 1.83 bits per heavy atom. The van der Waals surface area contributed by atoms with Crippen LogP contribution in [0.25, 0.3) is 5.69 Å². The van der Waals surface area contributed by atoms with E-state index in [0.29, 0.717) is 16.9 Å². The quantitative estimate of drug-likeness (QED) is 0.744.